The summed E-state index contributed by atoms with van der Waals surface area (Å²) in [4.78, 5) is 32.0. The van der Waals surface area contributed by atoms with Crippen LogP contribution in [0.2, 0.25) is 0 Å². The number of amides is 2. The van der Waals surface area contributed by atoms with Gasteiger partial charge in [0.05, 0.1) is 35.9 Å². The van der Waals surface area contributed by atoms with E-state index in [1.54, 1.807) is 13.2 Å². The van der Waals surface area contributed by atoms with Crippen LogP contribution in [0.15, 0.2) is 54.9 Å². The Balaban J connectivity index is 1.48. The van der Waals surface area contributed by atoms with Crippen LogP contribution in [0.25, 0.3) is 22.0 Å². The van der Waals surface area contributed by atoms with Crippen molar-refractivity contribution in [2.45, 2.75) is 38.1 Å². The van der Waals surface area contributed by atoms with E-state index in [2.05, 4.69) is 59.7 Å². The van der Waals surface area contributed by atoms with Gasteiger partial charge in [-0.2, -0.15) is 8.75 Å². The Bertz CT molecular complexity index is 1220. The summed E-state index contributed by atoms with van der Waals surface area (Å²) in [5, 5.41) is 8.01. The van der Waals surface area contributed by atoms with Crippen molar-refractivity contribution in [2.24, 2.45) is 0 Å². The summed E-state index contributed by atoms with van der Waals surface area (Å²) in [5.41, 5.74) is 2.22. The molecule has 33 heavy (non-hydrogen) atoms. The molecule has 0 aliphatic rings. The highest BCUT2D eigenvalue weighted by Crippen LogP contribution is 2.26. The molecule has 4 rings (SSSR count). The molecule has 0 unspecified atom stereocenters. The summed E-state index contributed by atoms with van der Waals surface area (Å²) >= 11 is 1.00. The third-order valence-electron chi connectivity index (χ3n) is 5.56. The molecular weight excluding hydrogens is 436 g/mol. The van der Waals surface area contributed by atoms with Gasteiger partial charge in [-0.3, -0.25) is 9.59 Å². The van der Waals surface area contributed by atoms with Crippen LogP contribution in [0.1, 0.15) is 54.5 Å². The SMILES string of the molecule is CNC(=O)CCCCC[C@H](NC(=O)c1cnsn1)c1ncc(-c2ccc3ccccc3c2)[nH]1. The number of imidazole rings is 1. The van der Waals surface area contributed by atoms with Crippen molar-refractivity contribution in [1.82, 2.24) is 29.3 Å². The molecule has 0 radical (unpaired) electrons. The molecule has 8 nitrogen and oxygen atoms in total. The van der Waals surface area contributed by atoms with Gasteiger partial charge in [0.15, 0.2) is 5.69 Å². The van der Waals surface area contributed by atoms with E-state index in [0.29, 0.717) is 24.4 Å². The summed E-state index contributed by atoms with van der Waals surface area (Å²) in [6.45, 7) is 0. The van der Waals surface area contributed by atoms with E-state index in [0.717, 1.165) is 47.6 Å². The number of hydrogen-bond donors (Lipinski definition) is 3. The van der Waals surface area contributed by atoms with Crippen molar-refractivity contribution >= 4 is 34.3 Å². The smallest absolute Gasteiger partial charge is 0.273 e. The van der Waals surface area contributed by atoms with Gasteiger partial charge in [-0.1, -0.05) is 49.2 Å². The van der Waals surface area contributed by atoms with Gasteiger partial charge in [0.1, 0.15) is 5.82 Å². The molecule has 0 spiro atoms. The van der Waals surface area contributed by atoms with E-state index in [4.69, 9.17) is 0 Å². The Kier molecular flexibility index (Phi) is 7.41. The summed E-state index contributed by atoms with van der Waals surface area (Å²) in [7, 11) is 1.64. The molecule has 1 atom stereocenters. The fourth-order valence-electron chi connectivity index (χ4n) is 3.73. The van der Waals surface area contributed by atoms with Crippen LogP contribution < -0.4 is 10.6 Å². The highest BCUT2D eigenvalue weighted by molar-refractivity contribution is 6.99. The molecule has 0 aliphatic heterocycles. The molecule has 0 saturated carbocycles. The highest BCUT2D eigenvalue weighted by atomic mass is 32.1. The van der Waals surface area contributed by atoms with E-state index < -0.39 is 0 Å². The number of nitrogens with zero attached hydrogens (tertiary/aromatic N) is 3. The van der Waals surface area contributed by atoms with Gasteiger partial charge < -0.3 is 15.6 Å². The van der Waals surface area contributed by atoms with Crippen molar-refractivity contribution in [3.05, 3.63) is 66.4 Å². The van der Waals surface area contributed by atoms with Gasteiger partial charge in [0.2, 0.25) is 5.91 Å². The summed E-state index contributed by atoms with van der Waals surface area (Å²) in [5.74, 6) is 0.464. The number of hydrogen-bond acceptors (Lipinski definition) is 6. The topological polar surface area (TPSA) is 113 Å². The lowest BCUT2D eigenvalue weighted by atomic mass is 10.1. The Labute approximate surface area is 196 Å². The van der Waals surface area contributed by atoms with Crippen LogP contribution in [0.3, 0.4) is 0 Å². The lowest BCUT2D eigenvalue weighted by Gasteiger charge is -2.16. The molecule has 3 N–H and O–H groups in total. The Morgan fingerprint density at radius 3 is 2.70 bits per heavy atom. The number of aromatic amines is 1. The largest absolute Gasteiger partial charge is 0.359 e. The van der Waals surface area contributed by atoms with E-state index in [1.165, 1.54) is 11.6 Å². The minimum absolute atomic E-state index is 0.0435. The number of carbonyl (C=O) groups excluding carboxylic acids is 2. The van der Waals surface area contributed by atoms with Gasteiger partial charge in [-0.15, -0.1) is 0 Å². The maximum absolute atomic E-state index is 12.6. The number of fused-ring (bicyclic) bond motifs is 1. The number of aromatic nitrogens is 4. The predicted molar refractivity (Wildman–Crippen MR) is 129 cm³/mol. The van der Waals surface area contributed by atoms with Crippen molar-refractivity contribution < 1.29 is 9.59 Å². The molecule has 0 fully saturated rings. The molecule has 2 heterocycles. The molecule has 4 aromatic rings. The monoisotopic (exact) mass is 462 g/mol. The van der Waals surface area contributed by atoms with Crippen molar-refractivity contribution in [2.75, 3.05) is 7.05 Å². The molecule has 2 aromatic heterocycles. The number of carbonyl (C=O) groups is 2. The number of nitrogens with one attached hydrogen (secondary N) is 3. The second-order valence-corrected chi connectivity index (χ2v) is 8.39. The number of unbranched alkanes of at least 4 members (excludes halogenated alkanes) is 2. The van der Waals surface area contributed by atoms with Gasteiger partial charge in [0.25, 0.3) is 5.91 Å². The van der Waals surface area contributed by atoms with Crippen LogP contribution in [0.4, 0.5) is 0 Å². The van der Waals surface area contributed by atoms with Gasteiger partial charge >= 0.3 is 0 Å². The average molecular weight is 463 g/mol. The van der Waals surface area contributed by atoms with E-state index in [-0.39, 0.29) is 17.9 Å². The fourth-order valence-corrected chi connectivity index (χ4v) is 4.14. The second kappa shape index (κ2) is 10.8. The zero-order valence-corrected chi connectivity index (χ0v) is 19.2. The summed E-state index contributed by atoms with van der Waals surface area (Å²) < 4.78 is 7.94. The van der Waals surface area contributed by atoms with Gasteiger partial charge in [-0.25, -0.2) is 4.98 Å². The second-order valence-electron chi connectivity index (χ2n) is 7.84. The highest BCUT2D eigenvalue weighted by Gasteiger charge is 2.20. The Morgan fingerprint density at radius 1 is 1.06 bits per heavy atom. The standard InChI is InChI=1S/C24H26N6O2S/c1-25-22(31)10-4-2-3-9-19(29-24(32)21-15-27-33-30-21)23-26-14-20(28-23)18-12-11-16-7-5-6-8-17(16)13-18/h5-8,11-15,19H,2-4,9-10H2,1H3,(H,25,31)(H,26,28)(H,29,32)/t19-/m0/s1. The van der Waals surface area contributed by atoms with Crippen molar-refractivity contribution in [1.29, 1.82) is 0 Å². The molecule has 0 aliphatic carbocycles. The molecular formula is C24H26N6O2S. The predicted octanol–water partition coefficient (Wildman–Crippen LogP) is 4.25. The van der Waals surface area contributed by atoms with Gasteiger partial charge in [0, 0.05) is 19.0 Å². The fraction of sp³-hybridized carbons (Fsp3) is 0.292. The first-order valence-electron chi connectivity index (χ1n) is 11.0. The quantitative estimate of drug-likeness (QED) is 0.305. The third kappa shape index (κ3) is 5.81. The molecule has 170 valence electrons. The zero-order chi connectivity index (χ0) is 23.0. The minimum Gasteiger partial charge on any atom is -0.359 e. The van der Waals surface area contributed by atoms with Crippen LogP contribution in [-0.4, -0.2) is 37.6 Å². The maximum Gasteiger partial charge on any atom is 0.273 e. The van der Waals surface area contributed by atoms with Gasteiger partial charge in [-0.05, 0) is 29.7 Å². The van der Waals surface area contributed by atoms with Crippen LogP contribution in [0, 0.1) is 0 Å². The summed E-state index contributed by atoms with van der Waals surface area (Å²) in [6, 6.07) is 14.2. The first kappa shape index (κ1) is 22.6. The minimum atomic E-state index is -0.298. The Hall–Kier alpha value is -3.59. The molecule has 0 saturated heterocycles. The lowest BCUT2D eigenvalue weighted by molar-refractivity contribution is -0.120. The van der Waals surface area contributed by atoms with Crippen molar-refractivity contribution in [3.8, 4) is 11.3 Å². The number of rotatable bonds is 10. The maximum atomic E-state index is 12.6. The average Bonchev–Trinajstić information content (AvgIpc) is 3.55. The first-order valence-corrected chi connectivity index (χ1v) is 11.7. The molecule has 2 amide bonds. The number of H-pyrrole nitrogens is 1. The third-order valence-corrected chi connectivity index (χ3v) is 6.04. The van der Waals surface area contributed by atoms with E-state index >= 15 is 0 Å². The normalized spacial score (nSPS) is 11.9. The molecule has 2 aromatic carbocycles. The Morgan fingerprint density at radius 2 is 1.91 bits per heavy atom. The first-order chi connectivity index (χ1) is 16.1. The zero-order valence-electron chi connectivity index (χ0n) is 18.4. The molecule has 9 heteroatoms. The number of benzene rings is 2. The van der Waals surface area contributed by atoms with E-state index in [1.807, 2.05) is 12.1 Å². The van der Waals surface area contributed by atoms with Crippen LogP contribution in [0.5, 0.6) is 0 Å². The summed E-state index contributed by atoms with van der Waals surface area (Å²) in [6.07, 6.45) is 7.00. The van der Waals surface area contributed by atoms with Crippen LogP contribution in [-0.2, 0) is 4.79 Å². The molecule has 0 bridgehead atoms. The lowest BCUT2D eigenvalue weighted by Crippen LogP contribution is -2.29. The van der Waals surface area contributed by atoms with E-state index in [9.17, 15) is 9.59 Å². The van der Waals surface area contributed by atoms with Crippen molar-refractivity contribution in [3.63, 3.8) is 0 Å². The van der Waals surface area contributed by atoms with Crippen LogP contribution >= 0.6 is 11.7 Å².